The zero-order chi connectivity index (χ0) is 21.6. The van der Waals surface area contributed by atoms with Crippen molar-refractivity contribution in [3.8, 4) is 5.75 Å². The lowest BCUT2D eigenvalue weighted by Gasteiger charge is -2.15. The van der Waals surface area contributed by atoms with Gasteiger partial charge in [0.1, 0.15) is 5.75 Å². The first-order valence-electron chi connectivity index (χ1n) is 9.50. The molecule has 0 aliphatic heterocycles. The summed E-state index contributed by atoms with van der Waals surface area (Å²) in [6.45, 7) is 7.84. The molecule has 0 saturated carbocycles. The van der Waals surface area contributed by atoms with Crippen molar-refractivity contribution in [3.05, 3.63) is 51.5 Å². The van der Waals surface area contributed by atoms with E-state index in [2.05, 4.69) is 26.0 Å². The molecule has 2 rings (SSSR count). The largest absolute Gasteiger partial charge is 0.483 e. The molecule has 2 aromatic rings. The van der Waals surface area contributed by atoms with Gasteiger partial charge in [0.25, 0.3) is 5.91 Å². The van der Waals surface area contributed by atoms with Crippen LogP contribution >= 0.6 is 15.9 Å². The van der Waals surface area contributed by atoms with Crippen LogP contribution in [0, 0.1) is 13.8 Å². The Morgan fingerprint density at radius 3 is 2.45 bits per heavy atom. The Labute approximate surface area is 181 Å². The van der Waals surface area contributed by atoms with Crippen molar-refractivity contribution in [2.24, 2.45) is 0 Å². The van der Waals surface area contributed by atoms with Gasteiger partial charge in [-0.2, -0.15) is 0 Å². The van der Waals surface area contributed by atoms with Gasteiger partial charge in [-0.25, -0.2) is 13.1 Å². The highest BCUT2D eigenvalue weighted by atomic mass is 79.9. The quantitative estimate of drug-likeness (QED) is 0.556. The molecule has 8 heteroatoms. The summed E-state index contributed by atoms with van der Waals surface area (Å²) in [7, 11) is -3.54. The summed E-state index contributed by atoms with van der Waals surface area (Å²) in [5.74, 6) is 0.198. The first kappa shape index (κ1) is 23.4. The van der Waals surface area contributed by atoms with Gasteiger partial charge < -0.3 is 10.1 Å². The highest BCUT2D eigenvalue weighted by molar-refractivity contribution is 9.10. The maximum Gasteiger partial charge on any atom is 0.262 e. The Balaban J connectivity index is 2.06. The van der Waals surface area contributed by atoms with Crippen molar-refractivity contribution in [2.75, 3.05) is 18.5 Å². The van der Waals surface area contributed by atoms with E-state index in [4.69, 9.17) is 4.74 Å². The predicted molar refractivity (Wildman–Crippen MR) is 119 cm³/mol. The molecule has 1 amide bonds. The van der Waals surface area contributed by atoms with Gasteiger partial charge in [0, 0.05) is 16.7 Å². The molecule has 0 spiro atoms. The fraction of sp³-hybridized carbons (Fsp3) is 0.381. The van der Waals surface area contributed by atoms with E-state index in [9.17, 15) is 13.2 Å². The Kier molecular flexibility index (Phi) is 8.24. The molecule has 0 fully saturated rings. The molecule has 0 unspecified atom stereocenters. The van der Waals surface area contributed by atoms with E-state index >= 15 is 0 Å². The number of nitrogens with one attached hydrogen (secondary N) is 2. The van der Waals surface area contributed by atoms with Gasteiger partial charge in [0.15, 0.2) is 6.61 Å². The van der Waals surface area contributed by atoms with Gasteiger partial charge in [-0.3, -0.25) is 4.79 Å². The van der Waals surface area contributed by atoms with Crippen molar-refractivity contribution in [2.45, 2.75) is 45.4 Å². The lowest BCUT2D eigenvalue weighted by molar-refractivity contribution is -0.118. The number of hydrogen-bond acceptors (Lipinski definition) is 4. The average Bonchev–Trinajstić information content (AvgIpc) is 2.67. The van der Waals surface area contributed by atoms with Crippen molar-refractivity contribution >= 4 is 37.5 Å². The predicted octanol–water partition coefficient (Wildman–Crippen LogP) is 4.33. The molecule has 0 heterocycles. The van der Waals surface area contributed by atoms with Gasteiger partial charge >= 0.3 is 0 Å². The molecule has 0 atom stereocenters. The third-order valence-corrected chi connectivity index (χ3v) is 6.30. The number of carbonyl (C=O) groups is 1. The number of amides is 1. The zero-order valence-corrected chi connectivity index (χ0v) is 19.5. The van der Waals surface area contributed by atoms with Crippen LogP contribution in [-0.2, 0) is 21.2 Å². The summed E-state index contributed by atoms with van der Waals surface area (Å²) in [4.78, 5) is 12.6. The van der Waals surface area contributed by atoms with E-state index < -0.39 is 10.0 Å². The lowest BCUT2D eigenvalue weighted by Crippen LogP contribution is -2.24. The van der Waals surface area contributed by atoms with Crippen LogP contribution in [0.4, 0.5) is 5.69 Å². The van der Waals surface area contributed by atoms with Crippen LogP contribution in [0.2, 0.25) is 0 Å². The number of anilines is 1. The molecule has 0 radical (unpaired) electrons. The smallest absolute Gasteiger partial charge is 0.262 e. The molecule has 6 nitrogen and oxygen atoms in total. The number of ether oxygens (including phenoxy) is 1. The standard InChI is InChI=1S/C21H27BrN2O4S/c1-5-9-23-29(26,27)18-7-8-19(14(3)11-18)28-13-20(25)24-21-15(4)10-17(22)12-16(21)6-2/h7-8,10-12,23H,5-6,9,13H2,1-4H3,(H,24,25). The number of carbonyl (C=O) groups excluding carboxylic acids is 1. The monoisotopic (exact) mass is 482 g/mol. The van der Waals surface area contributed by atoms with E-state index in [1.54, 1.807) is 19.1 Å². The van der Waals surface area contributed by atoms with Crippen LogP contribution in [0.25, 0.3) is 0 Å². The van der Waals surface area contributed by atoms with Crippen LogP contribution < -0.4 is 14.8 Å². The number of rotatable bonds is 9. The Morgan fingerprint density at radius 1 is 1.10 bits per heavy atom. The van der Waals surface area contributed by atoms with Crippen molar-refractivity contribution in [3.63, 3.8) is 0 Å². The summed E-state index contributed by atoms with van der Waals surface area (Å²) in [5.41, 5.74) is 3.45. The fourth-order valence-corrected chi connectivity index (χ4v) is 4.70. The lowest BCUT2D eigenvalue weighted by atomic mass is 10.1. The van der Waals surface area contributed by atoms with Gasteiger partial charge in [0.05, 0.1) is 4.90 Å². The minimum atomic E-state index is -3.54. The first-order valence-corrected chi connectivity index (χ1v) is 11.8. The topological polar surface area (TPSA) is 84.5 Å². The first-order chi connectivity index (χ1) is 13.7. The van der Waals surface area contributed by atoms with E-state index in [1.807, 2.05) is 32.9 Å². The molecular formula is C21H27BrN2O4S. The molecule has 158 valence electrons. The second kappa shape index (κ2) is 10.2. The SMILES string of the molecule is CCCNS(=O)(=O)c1ccc(OCC(=O)Nc2c(C)cc(Br)cc2CC)c(C)c1. The van der Waals surface area contributed by atoms with Crippen molar-refractivity contribution in [1.82, 2.24) is 4.72 Å². The molecular weight excluding hydrogens is 456 g/mol. The molecule has 0 saturated heterocycles. The maximum absolute atomic E-state index is 12.4. The van der Waals surface area contributed by atoms with Crippen LogP contribution in [0.15, 0.2) is 39.7 Å². The zero-order valence-electron chi connectivity index (χ0n) is 17.1. The molecule has 2 aromatic carbocycles. The van der Waals surface area contributed by atoms with Crippen LogP contribution in [0.1, 0.15) is 37.0 Å². The average molecular weight is 483 g/mol. The Bertz CT molecular complexity index is 990. The van der Waals surface area contributed by atoms with E-state index in [0.29, 0.717) is 24.3 Å². The fourth-order valence-electron chi connectivity index (χ4n) is 2.86. The Morgan fingerprint density at radius 2 is 1.83 bits per heavy atom. The van der Waals surface area contributed by atoms with Crippen LogP contribution in [0.3, 0.4) is 0 Å². The summed E-state index contributed by atoms with van der Waals surface area (Å²) in [6.07, 6.45) is 1.50. The second-order valence-electron chi connectivity index (χ2n) is 6.77. The van der Waals surface area contributed by atoms with Gasteiger partial charge in [-0.15, -0.1) is 0 Å². The number of sulfonamides is 1. The van der Waals surface area contributed by atoms with E-state index in [-0.39, 0.29) is 17.4 Å². The van der Waals surface area contributed by atoms with Crippen molar-refractivity contribution in [1.29, 1.82) is 0 Å². The van der Waals surface area contributed by atoms with Crippen molar-refractivity contribution < 1.29 is 17.9 Å². The number of aryl methyl sites for hydroxylation is 3. The highest BCUT2D eigenvalue weighted by Crippen LogP contribution is 2.26. The number of hydrogen-bond donors (Lipinski definition) is 2. The number of benzene rings is 2. The third kappa shape index (κ3) is 6.29. The minimum absolute atomic E-state index is 0.167. The third-order valence-electron chi connectivity index (χ3n) is 4.38. The molecule has 0 bridgehead atoms. The summed E-state index contributed by atoms with van der Waals surface area (Å²) < 4.78 is 33.6. The summed E-state index contributed by atoms with van der Waals surface area (Å²) >= 11 is 3.47. The molecule has 0 aliphatic rings. The molecule has 0 aromatic heterocycles. The molecule has 2 N–H and O–H groups in total. The molecule has 0 aliphatic carbocycles. The summed E-state index contributed by atoms with van der Waals surface area (Å²) in [6, 6.07) is 8.53. The highest BCUT2D eigenvalue weighted by Gasteiger charge is 2.16. The van der Waals surface area contributed by atoms with Gasteiger partial charge in [-0.1, -0.05) is 29.8 Å². The van der Waals surface area contributed by atoms with Crippen LogP contribution in [0.5, 0.6) is 5.75 Å². The van der Waals surface area contributed by atoms with E-state index in [0.717, 1.165) is 27.7 Å². The Hall–Kier alpha value is -1.90. The maximum atomic E-state index is 12.4. The summed E-state index contributed by atoms with van der Waals surface area (Å²) in [5, 5.41) is 2.91. The van der Waals surface area contributed by atoms with E-state index in [1.165, 1.54) is 6.07 Å². The van der Waals surface area contributed by atoms with Gasteiger partial charge in [-0.05, 0) is 73.7 Å². The van der Waals surface area contributed by atoms with Gasteiger partial charge in [0.2, 0.25) is 10.0 Å². The number of halogens is 1. The second-order valence-corrected chi connectivity index (χ2v) is 9.45. The normalized spacial score (nSPS) is 11.3. The van der Waals surface area contributed by atoms with Crippen LogP contribution in [-0.4, -0.2) is 27.5 Å². The minimum Gasteiger partial charge on any atom is -0.483 e. The molecule has 29 heavy (non-hydrogen) atoms.